The van der Waals surface area contributed by atoms with E-state index in [1.54, 1.807) is 0 Å². The Balaban J connectivity index is 2.71. The van der Waals surface area contributed by atoms with Gasteiger partial charge in [-0.3, -0.25) is 14.3 Å². The molecule has 98 valence electrons. The Labute approximate surface area is 105 Å². The van der Waals surface area contributed by atoms with E-state index in [1.807, 2.05) is 0 Å². The number of Topliss-reactive ketones (excluding diaryl/α,β-unsaturated/α-hetero) is 1. The molecule has 0 unspecified atom stereocenters. The van der Waals surface area contributed by atoms with E-state index in [2.05, 4.69) is 4.72 Å². The second kappa shape index (κ2) is 5.63. The second-order valence-electron chi connectivity index (χ2n) is 3.77. The number of carbonyl (C=O) groups is 2. The van der Waals surface area contributed by atoms with Crippen molar-refractivity contribution >= 4 is 27.5 Å². The number of rotatable bonds is 6. The quantitative estimate of drug-likeness (QED) is 0.755. The largest absolute Gasteiger partial charge is 0.481 e. The highest BCUT2D eigenvalue weighted by Gasteiger charge is 2.09. The van der Waals surface area contributed by atoms with Crippen LogP contribution in [-0.4, -0.2) is 31.5 Å². The first-order valence-corrected chi connectivity index (χ1v) is 7.00. The van der Waals surface area contributed by atoms with E-state index in [0.29, 0.717) is 11.3 Å². The molecule has 1 aromatic rings. The zero-order valence-electron chi connectivity index (χ0n) is 9.71. The van der Waals surface area contributed by atoms with Gasteiger partial charge >= 0.3 is 5.97 Å². The molecule has 0 saturated carbocycles. The molecule has 0 aliphatic rings. The minimum absolute atomic E-state index is 0.0752. The minimum Gasteiger partial charge on any atom is -0.481 e. The lowest BCUT2D eigenvalue weighted by Gasteiger charge is -2.04. The summed E-state index contributed by atoms with van der Waals surface area (Å²) in [5.41, 5.74) is 0.711. The van der Waals surface area contributed by atoms with Crippen LogP contribution in [0.2, 0.25) is 0 Å². The van der Waals surface area contributed by atoms with Crippen molar-refractivity contribution in [3.63, 3.8) is 0 Å². The van der Waals surface area contributed by atoms with Gasteiger partial charge in [0.05, 0.1) is 12.7 Å². The van der Waals surface area contributed by atoms with Crippen LogP contribution >= 0.6 is 0 Å². The Morgan fingerprint density at radius 2 is 1.72 bits per heavy atom. The predicted octanol–water partition coefficient (Wildman–Crippen LogP) is 1.11. The Hall–Kier alpha value is -1.89. The average molecular weight is 271 g/mol. The van der Waals surface area contributed by atoms with Crippen LogP contribution in [0.5, 0.6) is 0 Å². The summed E-state index contributed by atoms with van der Waals surface area (Å²) in [5.74, 6) is -1.32. The number of sulfonamides is 1. The summed E-state index contributed by atoms with van der Waals surface area (Å²) in [6.45, 7) is 0. The highest BCUT2D eigenvalue weighted by molar-refractivity contribution is 7.92. The summed E-state index contributed by atoms with van der Waals surface area (Å²) >= 11 is 0. The average Bonchev–Trinajstić information content (AvgIpc) is 2.24. The monoisotopic (exact) mass is 271 g/mol. The van der Waals surface area contributed by atoms with Crippen LogP contribution in [0.1, 0.15) is 23.2 Å². The molecule has 0 radical (unpaired) electrons. The molecule has 0 heterocycles. The predicted molar refractivity (Wildman–Crippen MR) is 66.1 cm³/mol. The van der Waals surface area contributed by atoms with Gasteiger partial charge in [0, 0.05) is 17.7 Å². The number of anilines is 1. The van der Waals surface area contributed by atoms with Crippen molar-refractivity contribution in [1.29, 1.82) is 0 Å². The maximum atomic E-state index is 11.5. The van der Waals surface area contributed by atoms with Crippen molar-refractivity contribution in [3.8, 4) is 0 Å². The van der Waals surface area contributed by atoms with Gasteiger partial charge in [-0.2, -0.15) is 0 Å². The first kappa shape index (κ1) is 14.2. The Kier molecular flexibility index (Phi) is 4.43. The summed E-state index contributed by atoms with van der Waals surface area (Å²) in [4.78, 5) is 21.9. The molecule has 18 heavy (non-hydrogen) atoms. The molecule has 2 N–H and O–H groups in total. The molecule has 6 nitrogen and oxygen atoms in total. The topological polar surface area (TPSA) is 101 Å². The SMILES string of the molecule is CS(=O)(=O)Nc1ccc(C(=O)CCC(=O)O)cc1. The van der Waals surface area contributed by atoms with Crippen LogP contribution in [0.3, 0.4) is 0 Å². The number of carbonyl (C=O) groups excluding carboxylic acids is 1. The van der Waals surface area contributed by atoms with Crippen LogP contribution in [0.15, 0.2) is 24.3 Å². The van der Waals surface area contributed by atoms with Gasteiger partial charge < -0.3 is 5.11 Å². The van der Waals surface area contributed by atoms with Crippen LogP contribution in [-0.2, 0) is 14.8 Å². The normalized spacial score (nSPS) is 10.9. The molecular weight excluding hydrogens is 258 g/mol. The van der Waals surface area contributed by atoms with Crippen LogP contribution < -0.4 is 4.72 Å². The van der Waals surface area contributed by atoms with Crippen molar-refractivity contribution in [2.75, 3.05) is 11.0 Å². The highest BCUT2D eigenvalue weighted by Crippen LogP contribution is 2.12. The summed E-state index contributed by atoms with van der Waals surface area (Å²) < 4.78 is 24.2. The molecule has 0 aliphatic carbocycles. The van der Waals surface area contributed by atoms with Gasteiger partial charge in [0.25, 0.3) is 0 Å². The third-order valence-electron chi connectivity index (χ3n) is 2.08. The number of carboxylic acid groups (broad SMARTS) is 1. The first-order valence-electron chi connectivity index (χ1n) is 5.11. The standard InChI is InChI=1S/C11H13NO5S/c1-18(16,17)12-9-4-2-8(3-5-9)10(13)6-7-11(14)15/h2-5,12H,6-7H2,1H3,(H,14,15). The molecule has 0 amide bonds. The van der Waals surface area contributed by atoms with Crippen LogP contribution in [0.25, 0.3) is 0 Å². The van der Waals surface area contributed by atoms with E-state index in [4.69, 9.17) is 5.11 Å². The van der Waals surface area contributed by atoms with Crippen LogP contribution in [0.4, 0.5) is 5.69 Å². The molecule has 7 heteroatoms. The Bertz CT molecular complexity index is 547. The number of benzene rings is 1. The molecule has 0 spiro atoms. The number of hydrogen-bond acceptors (Lipinski definition) is 4. The van der Waals surface area contributed by atoms with Crippen molar-refractivity contribution in [3.05, 3.63) is 29.8 Å². The summed E-state index contributed by atoms with van der Waals surface area (Å²) in [7, 11) is -3.34. The van der Waals surface area contributed by atoms with Crippen molar-refractivity contribution < 1.29 is 23.1 Å². The van der Waals surface area contributed by atoms with Gasteiger partial charge in [-0.15, -0.1) is 0 Å². The van der Waals surface area contributed by atoms with E-state index in [9.17, 15) is 18.0 Å². The van der Waals surface area contributed by atoms with Crippen molar-refractivity contribution in [2.24, 2.45) is 0 Å². The Morgan fingerprint density at radius 1 is 1.17 bits per heavy atom. The summed E-state index contributed by atoms with van der Waals surface area (Å²) in [5, 5.41) is 8.45. The van der Waals surface area contributed by atoms with E-state index in [1.165, 1.54) is 24.3 Å². The fourth-order valence-electron chi connectivity index (χ4n) is 1.30. The molecule has 1 aromatic carbocycles. The lowest BCUT2D eigenvalue weighted by Crippen LogP contribution is -2.09. The lowest BCUT2D eigenvalue weighted by molar-refractivity contribution is -0.136. The maximum absolute atomic E-state index is 11.5. The number of carboxylic acids is 1. The van der Waals surface area contributed by atoms with E-state index in [0.717, 1.165) is 6.26 Å². The molecule has 0 aromatic heterocycles. The molecule has 0 fully saturated rings. The third-order valence-corrected chi connectivity index (χ3v) is 2.68. The Morgan fingerprint density at radius 3 is 2.17 bits per heavy atom. The molecule has 1 rings (SSSR count). The van der Waals surface area contributed by atoms with Gasteiger partial charge in [0.2, 0.25) is 10.0 Å². The zero-order chi connectivity index (χ0) is 13.8. The smallest absolute Gasteiger partial charge is 0.303 e. The molecule has 0 bridgehead atoms. The van der Waals surface area contributed by atoms with Gasteiger partial charge in [0.1, 0.15) is 0 Å². The fraction of sp³-hybridized carbons (Fsp3) is 0.273. The maximum Gasteiger partial charge on any atom is 0.303 e. The third kappa shape index (κ3) is 4.96. The van der Waals surface area contributed by atoms with Gasteiger partial charge in [-0.25, -0.2) is 8.42 Å². The summed E-state index contributed by atoms with van der Waals surface area (Å²) in [6.07, 6.45) is 0.731. The second-order valence-corrected chi connectivity index (χ2v) is 5.52. The van der Waals surface area contributed by atoms with E-state index < -0.39 is 16.0 Å². The van der Waals surface area contributed by atoms with Gasteiger partial charge in [-0.05, 0) is 24.3 Å². The van der Waals surface area contributed by atoms with Crippen molar-refractivity contribution in [1.82, 2.24) is 0 Å². The van der Waals surface area contributed by atoms with Gasteiger partial charge in [-0.1, -0.05) is 0 Å². The van der Waals surface area contributed by atoms with E-state index >= 15 is 0 Å². The minimum atomic E-state index is -3.34. The number of aliphatic carboxylic acids is 1. The fourth-order valence-corrected chi connectivity index (χ4v) is 1.87. The number of hydrogen-bond donors (Lipinski definition) is 2. The van der Waals surface area contributed by atoms with Crippen LogP contribution in [0, 0.1) is 0 Å². The lowest BCUT2D eigenvalue weighted by atomic mass is 10.1. The number of nitrogens with one attached hydrogen (secondary N) is 1. The van der Waals surface area contributed by atoms with E-state index in [-0.39, 0.29) is 18.6 Å². The zero-order valence-corrected chi connectivity index (χ0v) is 10.5. The first-order chi connectivity index (χ1) is 8.28. The molecule has 0 atom stereocenters. The summed E-state index contributed by atoms with van der Waals surface area (Å²) in [6, 6.07) is 5.82. The molecule has 0 saturated heterocycles. The molecule has 0 aliphatic heterocycles. The van der Waals surface area contributed by atoms with Crippen molar-refractivity contribution in [2.45, 2.75) is 12.8 Å². The number of ketones is 1. The molecular formula is C11H13NO5S. The van der Waals surface area contributed by atoms with Gasteiger partial charge in [0.15, 0.2) is 5.78 Å². The highest BCUT2D eigenvalue weighted by atomic mass is 32.2.